The number of anilines is 3. The third-order valence-corrected chi connectivity index (χ3v) is 4.13. The van der Waals surface area contributed by atoms with Crippen molar-refractivity contribution < 1.29 is 13.9 Å². The first-order chi connectivity index (χ1) is 14.7. The van der Waals surface area contributed by atoms with Crippen LogP contribution in [0.15, 0.2) is 66.9 Å². The van der Waals surface area contributed by atoms with Crippen LogP contribution in [-0.4, -0.2) is 30.8 Å². The number of nitriles is 1. The van der Waals surface area contributed by atoms with Gasteiger partial charge in [-0.05, 0) is 60.7 Å². The van der Waals surface area contributed by atoms with E-state index in [9.17, 15) is 9.18 Å². The van der Waals surface area contributed by atoms with E-state index >= 15 is 0 Å². The number of pyridine rings is 1. The van der Waals surface area contributed by atoms with Crippen molar-refractivity contribution in [3.05, 3.63) is 78.0 Å². The first kappa shape index (κ1) is 20.6. The van der Waals surface area contributed by atoms with Crippen molar-refractivity contribution in [2.75, 3.05) is 35.9 Å². The molecule has 0 spiro atoms. The lowest BCUT2D eigenvalue weighted by atomic mass is 10.2. The standard InChI is InChI=1S/C22H20FN5O2/c23-15-30-20-8-2-17(3-9-20)22(29)28-19-6-4-18(5-7-19)25-11-12-26-21-10-1-16(13-24)14-27-21/h1-10,14,25H,11-12,15H2,(H,26,27)(H,28,29). The molecule has 0 bridgehead atoms. The van der Waals surface area contributed by atoms with E-state index in [1.165, 1.54) is 6.20 Å². The smallest absolute Gasteiger partial charge is 0.255 e. The zero-order valence-electron chi connectivity index (χ0n) is 16.1. The lowest BCUT2D eigenvalue weighted by Crippen LogP contribution is -2.14. The highest BCUT2D eigenvalue weighted by atomic mass is 19.1. The number of halogens is 1. The van der Waals surface area contributed by atoms with Gasteiger partial charge in [-0.15, -0.1) is 0 Å². The highest BCUT2D eigenvalue weighted by Gasteiger charge is 2.06. The fourth-order valence-electron chi connectivity index (χ4n) is 2.60. The van der Waals surface area contributed by atoms with Crippen LogP contribution in [0.25, 0.3) is 0 Å². The number of rotatable bonds is 9. The quantitative estimate of drug-likeness (QED) is 0.465. The summed E-state index contributed by atoms with van der Waals surface area (Å²) in [4.78, 5) is 16.4. The normalized spacial score (nSPS) is 10.0. The molecule has 30 heavy (non-hydrogen) atoms. The number of hydrogen-bond donors (Lipinski definition) is 3. The second-order valence-electron chi connectivity index (χ2n) is 6.21. The zero-order valence-corrected chi connectivity index (χ0v) is 16.1. The van der Waals surface area contributed by atoms with Crippen LogP contribution in [0.5, 0.6) is 5.75 Å². The van der Waals surface area contributed by atoms with E-state index < -0.39 is 6.86 Å². The minimum absolute atomic E-state index is 0.262. The molecule has 3 rings (SSSR count). The summed E-state index contributed by atoms with van der Waals surface area (Å²) < 4.78 is 16.9. The maximum absolute atomic E-state index is 12.3. The summed E-state index contributed by atoms with van der Waals surface area (Å²) in [7, 11) is 0. The molecule has 1 aromatic heterocycles. The molecular weight excluding hydrogens is 385 g/mol. The van der Waals surface area contributed by atoms with Gasteiger partial charge in [0.05, 0.1) is 5.56 Å². The summed E-state index contributed by atoms with van der Waals surface area (Å²) in [6.07, 6.45) is 1.52. The van der Waals surface area contributed by atoms with Crippen molar-refractivity contribution in [2.24, 2.45) is 0 Å². The molecule has 0 fully saturated rings. The molecule has 2 aromatic carbocycles. The average Bonchev–Trinajstić information content (AvgIpc) is 2.79. The van der Waals surface area contributed by atoms with Crippen molar-refractivity contribution >= 4 is 23.1 Å². The van der Waals surface area contributed by atoms with Gasteiger partial charge < -0.3 is 20.7 Å². The van der Waals surface area contributed by atoms with Gasteiger partial charge in [-0.2, -0.15) is 5.26 Å². The molecule has 1 heterocycles. The van der Waals surface area contributed by atoms with Crippen LogP contribution < -0.4 is 20.7 Å². The molecule has 0 unspecified atom stereocenters. The highest BCUT2D eigenvalue weighted by Crippen LogP contribution is 2.16. The summed E-state index contributed by atoms with van der Waals surface area (Å²) in [5.41, 5.74) is 2.55. The Morgan fingerprint density at radius 1 is 0.967 bits per heavy atom. The minimum Gasteiger partial charge on any atom is -0.463 e. The third kappa shape index (κ3) is 5.94. The molecule has 1 amide bonds. The molecule has 0 aliphatic carbocycles. The Balaban J connectivity index is 1.43. The Morgan fingerprint density at radius 3 is 2.30 bits per heavy atom. The van der Waals surface area contributed by atoms with E-state index in [1.54, 1.807) is 48.5 Å². The van der Waals surface area contributed by atoms with Crippen LogP contribution in [0.4, 0.5) is 21.6 Å². The third-order valence-electron chi connectivity index (χ3n) is 4.13. The number of benzene rings is 2. The van der Waals surface area contributed by atoms with Gasteiger partial charge >= 0.3 is 0 Å². The van der Waals surface area contributed by atoms with Crippen LogP contribution in [0.2, 0.25) is 0 Å². The van der Waals surface area contributed by atoms with Crippen molar-refractivity contribution in [1.29, 1.82) is 5.26 Å². The SMILES string of the molecule is N#Cc1ccc(NCCNc2ccc(NC(=O)c3ccc(OCF)cc3)cc2)nc1. The molecule has 152 valence electrons. The first-order valence-electron chi connectivity index (χ1n) is 9.22. The number of amides is 1. The van der Waals surface area contributed by atoms with Gasteiger partial charge in [0.1, 0.15) is 17.6 Å². The zero-order chi connectivity index (χ0) is 21.2. The predicted molar refractivity (Wildman–Crippen MR) is 113 cm³/mol. The molecule has 7 nitrogen and oxygen atoms in total. The fraction of sp³-hybridized carbons (Fsp3) is 0.136. The first-order valence-corrected chi connectivity index (χ1v) is 9.22. The maximum Gasteiger partial charge on any atom is 0.255 e. The summed E-state index contributed by atoms with van der Waals surface area (Å²) in [6, 6.07) is 19.1. The summed E-state index contributed by atoms with van der Waals surface area (Å²) >= 11 is 0. The van der Waals surface area contributed by atoms with Crippen molar-refractivity contribution in [1.82, 2.24) is 4.98 Å². The van der Waals surface area contributed by atoms with Crippen LogP contribution in [0.1, 0.15) is 15.9 Å². The predicted octanol–water partition coefficient (Wildman–Crippen LogP) is 4.04. The summed E-state index contributed by atoms with van der Waals surface area (Å²) in [6.45, 7) is 0.411. The van der Waals surface area contributed by atoms with Crippen molar-refractivity contribution in [3.8, 4) is 11.8 Å². The molecule has 0 saturated heterocycles. The van der Waals surface area contributed by atoms with Crippen molar-refractivity contribution in [2.45, 2.75) is 0 Å². The number of alkyl halides is 1. The number of hydrogen-bond acceptors (Lipinski definition) is 6. The van der Waals surface area contributed by atoms with Crippen molar-refractivity contribution in [3.63, 3.8) is 0 Å². The summed E-state index contributed by atoms with van der Waals surface area (Å²) in [5.74, 6) is 0.814. The second kappa shape index (κ2) is 10.4. The molecule has 0 aliphatic heterocycles. The molecule has 3 aromatic rings. The van der Waals surface area contributed by atoms with Crippen LogP contribution in [-0.2, 0) is 0 Å². The van der Waals surface area contributed by atoms with Gasteiger partial charge in [0, 0.05) is 36.2 Å². The highest BCUT2D eigenvalue weighted by molar-refractivity contribution is 6.04. The van der Waals surface area contributed by atoms with E-state index in [0.717, 1.165) is 5.69 Å². The topological polar surface area (TPSA) is 99.1 Å². The molecule has 0 saturated carbocycles. The lowest BCUT2D eigenvalue weighted by molar-refractivity contribution is 0.102. The van der Waals surface area contributed by atoms with Gasteiger partial charge in [0.15, 0.2) is 0 Å². The Hall–Kier alpha value is -4.12. The second-order valence-corrected chi connectivity index (χ2v) is 6.21. The molecule has 8 heteroatoms. The van der Waals surface area contributed by atoms with Crippen LogP contribution >= 0.6 is 0 Å². The molecule has 0 atom stereocenters. The Labute approximate surface area is 173 Å². The number of carbonyl (C=O) groups excluding carboxylic acids is 1. The Bertz CT molecular complexity index is 1000. The number of aromatic nitrogens is 1. The number of carbonyl (C=O) groups is 1. The van der Waals surface area contributed by atoms with Gasteiger partial charge in [-0.3, -0.25) is 4.79 Å². The molecule has 0 radical (unpaired) electrons. The Morgan fingerprint density at radius 2 is 1.67 bits per heavy atom. The minimum atomic E-state index is -0.908. The van der Waals surface area contributed by atoms with E-state index in [1.807, 2.05) is 18.2 Å². The maximum atomic E-state index is 12.3. The number of nitrogens with zero attached hydrogens (tertiary/aromatic N) is 2. The van der Waals surface area contributed by atoms with Gasteiger partial charge in [0.2, 0.25) is 6.86 Å². The van der Waals surface area contributed by atoms with Gasteiger partial charge in [-0.25, -0.2) is 9.37 Å². The number of nitrogens with one attached hydrogen (secondary N) is 3. The molecular formula is C22H20FN5O2. The largest absolute Gasteiger partial charge is 0.463 e. The lowest BCUT2D eigenvalue weighted by Gasteiger charge is -2.10. The van der Waals surface area contributed by atoms with E-state index in [4.69, 9.17) is 10.00 Å². The van der Waals surface area contributed by atoms with E-state index in [-0.39, 0.29) is 5.91 Å². The van der Waals surface area contributed by atoms with Crippen LogP contribution in [0.3, 0.4) is 0 Å². The monoisotopic (exact) mass is 405 g/mol. The van der Waals surface area contributed by atoms with E-state index in [2.05, 4.69) is 20.9 Å². The Kier molecular flexibility index (Phi) is 7.17. The van der Waals surface area contributed by atoms with Crippen LogP contribution in [0, 0.1) is 11.3 Å². The average molecular weight is 405 g/mol. The molecule has 0 aliphatic rings. The van der Waals surface area contributed by atoms with Gasteiger partial charge in [0.25, 0.3) is 5.91 Å². The fourth-order valence-corrected chi connectivity index (χ4v) is 2.60. The van der Waals surface area contributed by atoms with Gasteiger partial charge in [-0.1, -0.05) is 0 Å². The molecule has 3 N–H and O–H groups in total. The summed E-state index contributed by atoms with van der Waals surface area (Å²) in [5, 5.41) is 18.0. The number of ether oxygens (including phenoxy) is 1. The van der Waals surface area contributed by atoms with E-state index in [0.29, 0.717) is 41.5 Å².